The highest BCUT2D eigenvalue weighted by atomic mass is 16.5. The third-order valence-corrected chi connectivity index (χ3v) is 3.71. The third-order valence-electron chi connectivity index (χ3n) is 3.71. The molecule has 0 spiro atoms. The molecule has 0 aliphatic carbocycles. The molecule has 0 saturated carbocycles. The van der Waals surface area contributed by atoms with E-state index in [2.05, 4.69) is 18.7 Å². The number of ether oxygens (including phenoxy) is 1. The van der Waals surface area contributed by atoms with Crippen LogP contribution in [0.15, 0.2) is 30.3 Å². The second kappa shape index (κ2) is 5.04. The molecule has 2 aromatic rings. The van der Waals surface area contributed by atoms with E-state index in [0.29, 0.717) is 6.61 Å². The first-order chi connectivity index (χ1) is 9.59. The van der Waals surface area contributed by atoms with Crippen molar-refractivity contribution in [3.63, 3.8) is 0 Å². The lowest BCUT2D eigenvalue weighted by molar-refractivity contribution is -0.0279. The Bertz CT molecular complexity index is 625. The fraction of sp³-hybridized carbons (Fsp3) is 0.438. The maximum atomic E-state index is 9.59. The minimum Gasteiger partial charge on any atom is -0.392 e. The fourth-order valence-electron chi connectivity index (χ4n) is 2.74. The number of morpholine rings is 1. The zero-order valence-corrected chi connectivity index (χ0v) is 12.0. The Morgan fingerprint density at radius 1 is 1.35 bits per heavy atom. The van der Waals surface area contributed by atoms with Gasteiger partial charge in [-0.15, -0.1) is 0 Å². The van der Waals surface area contributed by atoms with Crippen molar-refractivity contribution in [2.75, 3.05) is 24.6 Å². The number of para-hydroxylation sites is 1. The summed E-state index contributed by atoms with van der Waals surface area (Å²) in [5.74, 6) is 0.920. The molecule has 0 atom stereocenters. The quantitative estimate of drug-likeness (QED) is 0.911. The number of hydrogen-bond acceptors (Lipinski definition) is 4. The molecule has 1 aliphatic heterocycles. The highest BCUT2D eigenvalue weighted by Gasteiger charge is 2.28. The van der Waals surface area contributed by atoms with Crippen LogP contribution in [0.25, 0.3) is 10.9 Å². The van der Waals surface area contributed by atoms with Gasteiger partial charge in [0.1, 0.15) is 5.82 Å². The average Bonchev–Trinajstić information content (AvgIpc) is 2.45. The molecule has 0 radical (unpaired) electrons. The fourth-order valence-corrected chi connectivity index (χ4v) is 2.74. The van der Waals surface area contributed by atoms with Crippen LogP contribution in [0.5, 0.6) is 0 Å². The number of anilines is 1. The molecule has 0 bridgehead atoms. The first-order valence-electron chi connectivity index (χ1n) is 6.97. The van der Waals surface area contributed by atoms with E-state index in [1.54, 1.807) is 0 Å². The van der Waals surface area contributed by atoms with Gasteiger partial charge < -0.3 is 14.7 Å². The minimum atomic E-state index is -0.162. The number of benzene rings is 1. The van der Waals surface area contributed by atoms with Crippen molar-refractivity contribution < 1.29 is 9.84 Å². The summed E-state index contributed by atoms with van der Waals surface area (Å²) in [7, 11) is 0. The maximum absolute atomic E-state index is 9.59. The molecule has 1 saturated heterocycles. The third kappa shape index (κ3) is 2.49. The zero-order valence-electron chi connectivity index (χ0n) is 12.0. The first kappa shape index (κ1) is 13.3. The molecule has 2 heterocycles. The van der Waals surface area contributed by atoms with Gasteiger partial charge in [-0.1, -0.05) is 18.2 Å². The predicted octanol–water partition coefficient (Wildman–Crippen LogP) is 2.34. The van der Waals surface area contributed by atoms with Crippen LogP contribution in [0.3, 0.4) is 0 Å². The van der Waals surface area contributed by atoms with Gasteiger partial charge in [-0.2, -0.15) is 0 Å². The minimum absolute atomic E-state index is 0.0315. The van der Waals surface area contributed by atoms with Gasteiger partial charge in [0.2, 0.25) is 0 Å². The Morgan fingerprint density at radius 2 is 2.15 bits per heavy atom. The predicted molar refractivity (Wildman–Crippen MR) is 79.9 cm³/mol. The van der Waals surface area contributed by atoms with Crippen molar-refractivity contribution in [1.82, 2.24) is 4.98 Å². The summed E-state index contributed by atoms with van der Waals surface area (Å²) in [5, 5.41) is 10.6. The standard InChI is InChI=1S/C16H20N2O2/c1-16(2)11-18(7-8-20-16)15-9-12(10-19)13-5-3-4-6-14(13)17-15/h3-6,9,19H,7-8,10-11H2,1-2H3. The zero-order chi connectivity index (χ0) is 14.2. The first-order valence-corrected chi connectivity index (χ1v) is 6.97. The van der Waals surface area contributed by atoms with Gasteiger partial charge in [-0.25, -0.2) is 4.98 Å². The molecule has 0 unspecified atom stereocenters. The Hall–Kier alpha value is -1.65. The number of aromatic nitrogens is 1. The normalized spacial score (nSPS) is 18.4. The summed E-state index contributed by atoms with van der Waals surface area (Å²) >= 11 is 0. The van der Waals surface area contributed by atoms with Gasteiger partial charge in [0.15, 0.2) is 0 Å². The molecule has 1 fully saturated rings. The lowest BCUT2D eigenvalue weighted by Gasteiger charge is -2.39. The highest BCUT2D eigenvalue weighted by Crippen LogP contribution is 2.26. The van der Waals surface area contributed by atoms with Crippen molar-refractivity contribution in [2.24, 2.45) is 0 Å². The molecule has 3 rings (SSSR count). The maximum Gasteiger partial charge on any atom is 0.129 e. The van der Waals surface area contributed by atoms with Crippen LogP contribution < -0.4 is 4.90 Å². The summed E-state index contributed by atoms with van der Waals surface area (Å²) in [6, 6.07) is 9.93. The monoisotopic (exact) mass is 272 g/mol. The molecule has 1 aromatic heterocycles. The smallest absolute Gasteiger partial charge is 0.129 e. The van der Waals surface area contributed by atoms with E-state index < -0.39 is 0 Å². The Morgan fingerprint density at radius 3 is 2.90 bits per heavy atom. The van der Waals surface area contributed by atoms with E-state index in [9.17, 15) is 5.11 Å². The lowest BCUT2D eigenvalue weighted by atomic mass is 10.1. The van der Waals surface area contributed by atoms with Gasteiger partial charge in [-0.05, 0) is 31.5 Å². The number of aliphatic hydroxyl groups excluding tert-OH is 1. The average molecular weight is 272 g/mol. The molecule has 106 valence electrons. The molecule has 0 amide bonds. The summed E-state index contributed by atoms with van der Waals surface area (Å²) in [6.45, 7) is 6.56. The van der Waals surface area contributed by atoms with Crippen molar-refractivity contribution >= 4 is 16.7 Å². The largest absolute Gasteiger partial charge is 0.392 e. The number of aliphatic hydroxyl groups is 1. The van der Waals surface area contributed by atoms with Crippen LogP contribution in [0.4, 0.5) is 5.82 Å². The van der Waals surface area contributed by atoms with Crippen LogP contribution in [-0.4, -0.2) is 35.4 Å². The van der Waals surface area contributed by atoms with Crippen LogP contribution in [0.1, 0.15) is 19.4 Å². The summed E-state index contributed by atoms with van der Waals surface area (Å²) < 4.78 is 5.74. The van der Waals surface area contributed by atoms with Gasteiger partial charge in [0.05, 0.1) is 24.3 Å². The second-order valence-electron chi connectivity index (χ2n) is 5.84. The number of fused-ring (bicyclic) bond motifs is 1. The van der Waals surface area contributed by atoms with E-state index in [-0.39, 0.29) is 12.2 Å². The topological polar surface area (TPSA) is 45.6 Å². The van der Waals surface area contributed by atoms with Crippen LogP contribution >= 0.6 is 0 Å². The molecular formula is C16H20N2O2. The number of rotatable bonds is 2. The van der Waals surface area contributed by atoms with Crippen LogP contribution in [0, 0.1) is 0 Å². The van der Waals surface area contributed by atoms with E-state index in [1.807, 2.05) is 30.3 Å². The van der Waals surface area contributed by atoms with Crippen LogP contribution in [-0.2, 0) is 11.3 Å². The molecule has 4 nitrogen and oxygen atoms in total. The van der Waals surface area contributed by atoms with Gasteiger partial charge >= 0.3 is 0 Å². The molecule has 1 aliphatic rings. The van der Waals surface area contributed by atoms with Gasteiger partial charge in [-0.3, -0.25) is 0 Å². The van der Waals surface area contributed by atoms with E-state index in [0.717, 1.165) is 35.4 Å². The molecule has 1 N–H and O–H groups in total. The van der Waals surface area contributed by atoms with Crippen molar-refractivity contribution in [1.29, 1.82) is 0 Å². The Kier molecular flexibility index (Phi) is 3.36. The van der Waals surface area contributed by atoms with Crippen molar-refractivity contribution in [3.05, 3.63) is 35.9 Å². The van der Waals surface area contributed by atoms with E-state index in [4.69, 9.17) is 9.72 Å². The summed E-state index contributed by atoms with van der Waals surface area (Å²) in [5.41, 5.74) is 1.69. The molecule has 20 heavy (non-hydrogen) atoms. The van der Waals surface area contributed by atoms with Crippen molar-refractivity contribution in [3.8, 4) is 0 Å². The molecule has 4 heteroatoms. The molecular weight excluding hydrogens is 252 g/mol. The van der Waals surface area contributed by atoms with Gasteiger partial charge in [0, 0.05) is 18.5 Å². The number of nitrogens with zero attached hydrogens (tertiary/aromatic N) is 2. The second-order valence-corrected chi connectivity index (χ2v) is 5.84. The molecule has 1 aromatic carbocycles. The Labute approximate surface area is 119 Å². The number of hydrogen-bond donors (Lipinski definition) is 1. The summed E-state index contributed by atoms with van der Waals surface area (Å²) in [6.07, 6.45) is 0. The van der Waals surface area contributed by atoms with Gasteiger partial charge in [0.25, 0.3) is 0 Å². The van der Waals surface area contributed by atoms with E-state index >= 15 is 0 Å². The SMILES string of the molecule is CC1(C)CN(c2cc(CO)c3ccccc3n2)CCO1. The number of pyridine rings is 1. The van der Waals surface area contributed by atoms with Crippen LogP contribution in [0.2, 0.25) is 0 Å². The van der Waals surface area contributed by atoms with E-state index in [1.165, 1.54) is 0 Å². The lowest BCUT2D eigenvalue weighted by Crippen LogP contribution is -2.48. The van der Waals surface area contributed by atoms with Crippen molar-refractivity contribution in [2.45, 2.75) is 26.1 Å². The summed E-state index contributed by atoms with van der Waals surface area (Å²) in [4.78, 5) is 6.96. The highest BCUT2D eigenvalue weighted by molar-refractivity contribution is 5.84. The Balaban J connectivity index is 2.03.